The summed E-state index contributed by atoms with van der Waals surface area (Å²) in [7, 11) is 1.61. The van der Waals surface area contributed by atoms with Gasteiger partial charge in [-0.1, -0.05) is 35.9 Å². The highest BCUT2D eigenvalue weighted by atomic mass is 35.5. The summed E-state index contributed by atoms with van der Waals surface area (Å²) in [6.45, 7) is 6.55. The van der Waals surface area contributed by atoms with E-state index in [-0.39, 0.29) is 30.3 Å². The second-order valence-corrected chi connectivity index (χ2v) is 10.2. The number of carbonyl (C=O) groups is 1. The van der Waals surface area contributed by atoms with Crippen molar-refractivity contribution in [2.45, 2.75) is 57.0 Å². The number of benzene rings is 2. The fourth-order valence-corrected chi connectivity index (χ4v) is 4.90. The zero-order valence-corrected chi connectivity index (χ0v) is 20.6. The zero-order chi connectivity index (χ0) is 24.6. The van der Waals surface area contributed by atoms with E-state index in [2.05, 4.69) is 19.2 Å². The number of fused-ring (bicyclic) bond motifs is 3. The van der Waals surface area contributed by atoms with E-state index in [1.165, 1.54) is 0 Å². The van der Waals surface area contributed by atoms with E-state index >= 15 is 0 Å². The first-order valence-corrected chi connectivity index (χ1v) is 11.9. The van der Waals surface area contributed by atoms with Crippen LogP contribution in [0.3, 0.4) is 0 Å². The van der Waals surface area contributed by atoms with E-state index in [1.54, 1.807) is 13.2 Å². The summed E-state index contributed by atoms with van der Waals surface area (Å²) in [4.78, 5) is 11.3. The van der Waals surface area contributed by atoms with Gasteiger partial charge in [0.25, 0.3) is 0 Å². The Bertz CT molecular complexity index is 1060. The minimum atomic E-state index is -0.817. The number of carboxylic acid groups (broad SMARTS) is 1. The minimum Gasteiger partial charge on any atom is -0.497 e. The number of β-amino-alcohol motifs (C(OH)–C–C–N with tert-alkyl or cyclic N) is 1. The summed E-state index contributed by atoms with van der Waals surface area (Å²) >= 11 is 6.38. The van der Waals surface area contributed by atoms with E-state index in [9.17, 15) is 15.0 Å². The van der Waals surface area contributed by atoms with Crippen molar-refractivity contribution < 1.29 is 29.2 Å². The van der Waals surface area contributed by atoms with Gasteiger partial charge in [-0.05, 0) is 44.9 Å². The zero-order valence-electron chi connectivity index (χ0n) is 19.9. The van der Waals surface area contributed by atoms with Crippen LogP contribution < -0.4 is 14.8 Å². The predicted octanol–water partition coefficient (Wildman–Crippen LogP) is 3.96. The van der Waals surface area contributed by atoms with Gasteiger partial charge in [-0.25, -0.2) is 0 Å². The van der Waals surface area contributed by atoms with E-state index < -0.39 is 18.0 Å². The molecule has 5 atom stereocenters. The lowest BCUT2D eigenvalue weighted by Crippen LogP contribution is -2.46. The molecule has 0 aromatic heterocycles. The molecular formula is C26H32ClNO6. The van der Waals surface area contributed by atoms with Crippen LogP contribution in [0.25, 0.3) is 0 Å². The molecule has 184 valence electrons. The molecule has 1 aliphatic carbocycles. The summed E-state index contributed by atoms with van der Waals surface area (Å²) < 4.78 is 17.1. The Kier molecular flexibility index (Phi) is 7.10. The van der Waals surface area contributed by atoms with E-state index in [0.29, 0.717) is 18.0 Å². The topological polar surface area (TPSA) is 97.3 Å². The number of aliphatic hydroxyl groups is 1. The standard InChI is InChI=1S/C26H32ClNO6/c1-14(18-6-5-7-19-21-22(25(30)31)24(21)34-23(18)19)33-13-16(29)12-28-26(2,3)11-15-8-9-17(32-4)10-20(15)27/h5-10,14,16,21-22,24,28-29H,11-13H2,1-4H3,(H,30,31)/t14-,16?,21+,22+,24+/m1/s1. The number of para-hydroxylation sites is 1. The number of ether oxygens (including phenoxy) is 3. The molecule has 8 heteroatoms. The number of nitrogens with one attached hydrogen (secondary N) is 1. The quantitative estimate of drug-likeness (QED) is 0.439. The first kappa shape index (κ1) is 24.8. The second kappa shape index (κ2) is 9.74. The van der Waals surface area contributed by atoms with E-state index in [0.717, 1.165) is 28.2 Å². The van der Waals surface area contributed by atoms with Crippen LogP contribution in [0.15, 0.2) is 36.4 Å². The number of methoxy groups -OCH3 is 1. The monoisotopic (exact) mass is 489 g/mol. The lowest BCUT2D eigenvalue weighted by molar-refractivity contribution is -0.139. The van der Waals surface area contributed by atoms with Crippen molar-refractivity contribution in [3.05, 3.63) is 58.1 Å². The summed E-state index contributed by atoms with van der Waals surface area (Å²) in [6.07, 6.45) is -0.587. The van der Waals surface area contributed by atoms with Gasteiger partial charge in [0.05, 0.1) is 25.9 Å². The van der Waals surface area contributed by atoms with E-state index in [1.807, 2.05) is 37.3 Å². The van der Waals surface area contributed by atoms with Crippen molar-refractivity contribution in [2.24, 2.45) is 5.92 Å². The molecule has 4 rings (SSSR count). The number of hydrogen-bond acceptors (Lipinski definition) is 6. The molecule has 0 radical (unpaired) electrons. The Morgan fingerprint density at radius 2 is 2.06 bits per heavy atom. The van der Waals surface area contributed by atoms with Crippen molar-refractivity contribution in [1.82, 2.24) is 5.32 Å². The summed E-state index contributed by atoms with van der Waals surface area (Å²) in [5.74, 6) is 0.101. The second-order valence-electron chi connectivity index (χ2n) is 9.77. The largest absolute Gasteiger partial charge is 0.497 e. The van der Waals surface area contributed by atoms with Gasteiger partial charge in [0.1, 0.15) is 23.5 Å². The average Bonchev–Trinajstić information content (AvgIpc) is 3.39. The van der Waals surface area contributed by atoms with Gasteiger partial charge in [0, 0.05) is 34.2 Å². The molecule has 0 saturated heterocycles. The molecule has 1 heterocycles. The fraction of sp³-hybridized carbons (Fsp3) is 0.500. The Morgan fingerprint density at radius 1 is 1.29 bits per heavy atom. The lowest BCUT2D eigenvalue weighted by Gasteiger charge is -2.29. The first-order chi connectivity index (χ1) is 16.1. The molecule has 0 amide bonds. The number of carboxylic acids is 1. The highest BCUT2D eigenvalue weighted by Crippen LogP contribution is 2.59. The highest BCUT2D eigenvalue weighted by molar-refractivity contribution is 6.31. The maximum Gasteiger partial charge on any atom is 0.311 e. The molecular weight excluding hydrogens is 458 g/mol. The molecule has 2 aromatic rings. The van der Waals surface area contributed by atoms with Crippen LogP contribution in [-0.4, -0.2) is 54.2 Å². The molecule has 1 fully saturated rings. The van der Waals surface area contributed by atoms with E-state index in [4.69, 9.17) is 25.8 Å². The third kappa shape index (κ3) is 5.18. The number of aliphatic hydroxyl groups excluding tert-OH is 1. The van der Waals surface area contributed by atoms with Crippen molar-refractivity contribution >= 4 is 17.6 Å². The van der Waals surface area contributed by atoms with Gasteiger partial charge in [-0.2, -0.15) is 0 Å². The molecule has 2 aromatic carbocycles. The van der Waals surface area contributed by atoms with Gasteiger partial charge in [-0.3, -0.25) is 4.79 Å². The van der Waals surface area contributed by atoms with Crippen LogP contribution in [0.5, 0.6) is 11.5 Å². The molecule has 0 bridgehead atoms. The third-order valence-corrected chi connectivity index (χ3v) is 6.97. The lowest BCUT2D eigenvalue weighted by atomic mass is 9.94. The molecule has 2 aliphatic rings. The Hall–Kier alpha value is -2.32. The van der Waals surface area contributed by atoms with Gasteiger partial charge in [-0.15, -0.1) is 0 Å². The van der Waals surface area contributed by atoms with Crippen LogP contribution in [0.1, 0.15) is 49.5 Å². The fourth-order valence-electron chi connectivity index (χ4n) is 4.66. The van der Waals surface area contributed by atoms with Crippen LogP contribution in [0.2, 0.25) is 5.02 Å². The number of aliphatic carboxylic acids is 1. The number of hydrogen-bond donors (Lipinski definition) is 3. The average molecular weight is 490 g/mol. The van der Waals surface area contributed by atoms with Crippen molar-refractivity contribution in [3.8, 4) is 11.5 Å². The minimum absolute atomic E-state index is 0.0733. The molecule has 7 nitrogen and oxygen atoms in total. The molecule has 34 heavy (non-hydrogen) atoms. The van der Waals surface area contributed by atoms with Crippen LogP contribution in [0, 0.1) is 5.92 Å². The smallest absolute Gasteiger partial charge is 0.311 e. The van der Waals surface area contributed by atoms with Crippen molar-refractivity contribution in [3.63, 3.8) is 0 Å². The van der Waals surface area contributed by atoms with Gasteiger partial charge >= 0.3 is 5.97 Å². The Morgan fingerprint density at radius 3 is 2.74 bits per heavy atom. The Labute approximate surface area is 205 Å². The van der Waals surface area contributed by atoms with Crippen molar-refractivity contribution in [2.75, 3.05) is 20.3 Å². The summed E-state index contributed by atoms with van der Waals surface area (Å²) in [5, 5.41) is 23.8. The van der Waals surface area contributed by atoms with Gasteiger partial charge in [0.2, 0.25) is 0 Å². The molecule has 1 saturated carbocycles. The highest BCUT2D eigenvalue weighted by Gasteiger charge is 2.63. The third-order valence-electron chi connectivity index (χ3n) is 6.61. The van der Waals surface area contributed by atoms with Crippen LogP contribution >= 0.6 is 11.6 Å². The molecule has 0 spiro atoms. The predicted molar refractivity (Wildman–Crippen MR) is 129 cm³/mol. The number of halogens is 1. The maximum absolute atomic E-state index is 11.3. The van der Waals surface area contributed by atoms with Gasteiger partial charge in [0.15, 0.2) is 0 Å². The van der Waals surface area contributed by atoms with Gasteiger partial charge < -0.3 is 29.7 Å². The number of rotatable bonds is 11. The first-order valence-electron chi connectivity index (χ1n) is 11.5. The molecule has 1 unspecified atom stereocenters. The molecule has 1 aliphatic heterocycles. The Balaban J connectivity index is 1.27. The van der Waals surface area contributed by atoms with Crippen molar-refractivity contribution in [1.29, 1.82) is 0 Å². The van der Waals surface area contributed by atoms with Crippen LogP contribution in [-0.2, 0) is 16.0 Å². The normalized spacial score (nSPS) is 22.4. The summed E-state index contributed by atoms with van der Waals surface area (Å²) in [5.41, 5.74) is 2.52. The van der Waals surface area contributed by atoms with Crippen LogP contribution in [0.4, 0.5) is 0 Å². The maximum atomic E-state index is 11.3. The summed E-state index contributed by atoms with van der Waals surface area (Å²) in [6, 6.07) is 11.4. The SMILES string of the molecule is COc1ccc(CC(C)(C)NCC(O)CO[C@H](C)c2cccc3c2O[C@@H]2[C@@H](C(=O)O)[C@H]32)c(Cl)c1. The molecule has 3 N–H and O–H groups in total.